The first-order valence-corrected chi connectivity index (χ1v) is 2.82. The molecule has 0 atom stereocenters. The SMILES string of the molecule is COS(=O)(=O)OC.Cl. The molecule has 0 heterocycles. The Morgan fingerprint density at radius 1 is 1.12 bits per heavy atom. The van der Waals surface area contributed by atoms with Crippen LogP contribution in [0.4, 0.5) is 0 Å². The van der Waals surface area contributed by atoms with Crippen LogP contribution in [0.3, 0.4) is 0 Å². The van der Waals surface area contributed by atoms with Gasteiger partial charge in [0.15, 0.2) is 0 Å². The Bertz CT molecular complexity index is 117. The van der Waals surface area contributed by atoms with E-state index in [1.165, 1.54) is 0 Å². The molecule has 0 fully saturated rings. The molecule has 6 heteroatoms. The molecule has 0 saturated carbocycles. The molecule has 0 unspecified atom stereocenters. The summed E-state index contributed by atoms with van der Waals surface area (Å²) in [6, 6.07) is 0. The van der Waals surface area contributed by atoms with Gasteiger partial charge >= 0.3 is 10.4 Å². The van der Waals surface area contributed by atoms with Crippen molar-refractivity contribution in [3.8, 4) is 0 Å². The molecule has 52 valence electrons. The molecule has 0 radical (unpaired) electrons. The molecule has 0 N–H and O–H groups in total. The highest BCUT2D eigenvalue weighted by Crippen LogP contribution is 1.85. The first-order valence-electron chi connectivity index (χ1n) is 1.48. The van der Waals surface area contributed by atoms with E-state index >= 15 is 0 Å². The summed E-state index contributed by atoms with van der Waals surface area (Å²) < 4.78 is 27.5. The maximum atomic E-state index is 9.92. The van der Waals surface area contributed by atoms with Crippen LogP contribution in [0.15, 0.2) is 0 Å². The van der Waals surface area contributed by atoms with Gasteiger partial charge in [-0.25, -0.2) is 0 Å². The maximum absolute atomic E-state index is 9.92. The zero-order chi connectivity index (χ0) is 5.91. The lowest BCUT2D eigenvalue weighted by Gasteiger charge is -1.91. The quantitative estimate of drug-likeness (QED) is 0.571. The van der Waals surface area contributed by atoms with E-state index in [-0.39, 0.29) is 12.4 Å². The van der Waals surface area contributed by atoms with Crippen molar-refractivity contribution in [2.75, 3.05) is 14.2 Å². The van der Waals surface area contributed by atoms with E-state index in [2.05, 4.69) is 8.37 Å². The third kappa shape index (κ3) is 4.32. The Balaban J connectivity index is 0. The van der Waals surface area contributed by atoms with Crippen LogP contribution in [0.1, 0.15) is 0 Å². The van der Waals surface area contributed by atoms with E-state index in [1.54, 1.807) is 0 Å². The molecule has 0 aliphatic heterocycles. The summed E-state index contributed by atoms with van der Waals surface area (Å²) in [5.41, 5.74) is 0. The number of rotatable bonds is 2. The van der Waals surface area contributed by atoms with E-state index in [0.717, 1.165) is 14.2 Å². The van der Waals surface area contributed by atoms with Crippen LogP contribution in [0, 0.1) is 0 Å². The standard InChI is InChI=1S/C2H6O4S.ClH/c1-5-7(3,4)6-2;/h1-2H3;1H. The second kappa shape index (κ2) is 4.08. The second-order valence-corrected chi connectivity index (χ2v) is 2.22. The molecule has 0 aromatic heterocycles. The molecular weight excluding hydrogens is 156 g/mol. The summed E-state index contributed by atoms with van der Waals surface area (Å²) in [5.74, 6) is 0. The maximum Gasteiger partial charge on any atom is 0.399 e. The topological polar surface area (TPSA) is 52.6 Å². The first-order chi connectivity index (χ1) is 3.12. The summed E-state index contributed by atoms with van der Waals surface area (Å²) in [7, 11) is -1.60. The normalized spacial score (nSPS) is 10.2. The summed E-state index contributed by atoms with van der Waals surface area (Å²) in [4.78, 5) is 0. The van der Waals surface area contributed by atoms with Crippen LogP contribution in [0.2, 0.25) is 0 Å². The zero-order valence-electron chi connectivity index (χ0n) is 4.45. The van der Waals surface area contributed by atoms with Gasteiger partial charge in [0.1, 0.15) is 0 Å². The molecule has 0 aliphatic rings. The Morgan fingerprint density at radius 3 is 1.38 bits per heavy atom. The third-order valence-electron chi connectivity index (χ3n) is 0.408. The van der Waals surface area contributed by atoms with Crippen LogP contribution < -0.4 is 0 Å². The zero-order valence-corrected chi connectivity index (χ0v) is 6.08. The van der Waals surface area contributed by atoms with E-state index in [0.29, 0.717) is 0 Å². The average molecular weight is 163 g/mol. The van der Waals surface area contributed by atoms with Gasteiger partial charge in [-0.2, -0.15) is 8.42 Å². The summed E-state index contributed by atoms with van der Waals surface area (Å²) >= 11 is 0. The van der Waals surface area contributed by atoms with Crippen molar-refractivity contribution in [1.82, 2.24) is 0 Å². The van der Waals surface area contributed by atoms with Gasteiger partial charge < -0.3 is 0 Å². The predicted octanol–water partition coefficient (Wildman–Crippen LogP) is -0.0542. The number of hydrogen-bond acceptors (Lipinski definition) is 4. The van der Waals surface area contributed by atoms with Gasteiger partial charge in [-0.05, 0) is 0 Å². The van der Waals surface area contributed by atoms with Crippen molar-refractivity contribution in [3.05, 3.63) is 0 Å². The van der Waals surface area contributed by atoms with Crippen LogP contribution >= 0.6 is 12.4 Å². The van der Waals surface area contributed by atoms with Gasteiger partial charge in [0.2, 0.25) is 0 Å². The lowest BCUT2D eigenvalue weighted by molar-refractivity contribution is 0.286. The Hall–Kier alpha value is 0.160. The average Bonchev–Trinajstić information content (AvgIpc) is 1.68. The molecule has 0 aromatic rings. The van der Waals surface area contributed by atoms with Crippen LogP contribution in [0.25, 0.3) is 0 Å². The van der Waals surface area contributed by atoms with Gasteiger partial charge in [-0.3, -0.25) is 8.37 Å². The highest BCUT2D eigenvalue weighted by atomic mass is 35.5. The van der Waals surface area contributed by atoms with Gasteiger partial charge in [0.25, 0.3) is 0 Å². The van der Waals surface area contributed by atoms with E-state index in [1.807, 2.05) is 0 Å². The molecule has 0 aromatic carbocycles. The van der Waals surface area contributed by atoms with E-state index in [9.17, 15) is 8.42 Å². The summed E-state index contributed by atoms with van der Waals surface area (Å²) in [6.07, 6.45) is 0. The fourth-order valence-corrected chi connectivity index (χ4v) is 0.204. The predicted molar refractivity (Wildman–Crippen MR) is 30.2 cm³/mol. The monoisotopic (exact) mass is 162 g/mol. The number of hydrogen-bond donors (Lipinski definition) is 0. The fraction of sp³-hybridized carbons (Fsp3) is 1.00. The largest absolute Gasteiger partial charge is 0.399 e. The Labute approximate surface area is 54.5 Å². The molecule has 0 bridgehead atoms. The molecule has 0 aliphatic carbocycles. The smallest absolute Gasteiger partial charge is 0.252 e. The molecule has 0 amide bonds. The molecule has 8 heavy (non-hydrogen) atoms. The minimum atomic E-state index is -3.66. The first kappa shape index (κ1) is 11.0. The molecule has 0 rings (SSSR count). The van der Waals surface area contributed by atoms with E-state index < -0.39 is 10.4 Å². The van der Waals surface area contributed by atoms with Crippen molar-refractivity contribution in [2.24, 2.45) is 0 Å². The third-order valence-corrected chi connectivity index (χ3v) is 1.22. The molecule has 0 saturated heterocycles. The second-order valence-electron chi connectivity index (χ2n) is 0.742. The molecule has 4 nitrogen and oxygen atoms in total. The fourth-order valence-electron chi connectivity index (χ4n) is 0.0680. The highest BCUT2D eigenvalue weighted by Gasteiger charge is 2.01. The lowest BCUT2D eigenvalue weighted by Crippen LogP contribution is -2.02. The van der Waals surface area contributed by atoms with Crippen LogP contribution in [-0.2, 0) is 18.8 Å². The highest BCUT2D eigenvalue weighted by molar-refractivity contribution is 7.81. The van der Waals surface area contributed by atoms with Crippen LogP contribution in [0.5, 0.6) is 0 Å². The number of halogens is 1. The van der Waals surface area contributed by atoms with Crippen molar-refractivity contribution in [3.63, 3.8) is 0 Å². The lowest BCUT2D eigenvalue weighted by atomic mass is 11.8. The Morgan fingerprint density at radius 2 is 1.38 bits per heavy atom. The minimum absolute atomic E-state index is 0. The minimum Gasteiger partial charge on any atom is -0.252 e. The van der Waals surface area contributed by atoms with Gasteiger partial charge in [-0.1, -0.05) is 0 Å². The van der Waals surface area contributed by atoms with Crippen LogP contribution in [-0.4, -0.2) is 22.6 Å². The van der Waals surface area contributed by atoms with Gasteiger partial charge in [0, 0.05) is 0 Å². The molecular formula is C2H7ClO4S. The summed E-state index contributed by atoms with van der Waals surface area (Å²) in [6.45, 7) is 0. The Kier molecular flexibility index (Phi) is 5.62. The summed E-state index contributed by atoms with van der Waals surface area (Å²) in [5, 5.41) is 0. The van der Waals surface area contributed by atoms with Crippen molar-refractivity contribution in [2.45, 2.75) is 0 Å². The van der Waals surface area contributed by atoms with Crippen molar-refractivity contribution < 1.29 is 16.8 Å². The van der Waals surface area contributed by atoms with Gasteiger partial charge in [-0.15, -0.1) is 12.4 Å². The van der Waals surface area contributed by atoms with Gasteiger partial charge in [0.05, 0.1) is 14.2 Å². The van der Waals surface area contributed by atoms with E-state index in [4.69, 9.17) is 0 Å². The van der Waals surface area contributed by atoms with Crippen molar-refractivity contribution in [1.29, 1.82) is 0 Å². The van der Waals surface area contributed by atoms with Crippen molar-refractivity contribution >= 4 is 22.8 Å². The molecule has 0 spiro atoms.